The summed E-state index contributed by atoms with van der Waals surface area (Å²) in [5, 5.41) is 9.31. The van der Waals surface area contributed by atoms with Crippen molar-refractivity contribution in [1.82, 2.24) is 0 Å². The molecule has 0 saturated heterocycles. The Kier molecular flexibility index (Phi) is 4.27. The molecule has 2 aromatic carbocycles. The highest BCUT2D eigenvalue weighted by atomic mass is 35.5. The van der Waals surface area contributed by atoms with Crippen molar-refractivity contribution in [2.75, 3.05) is 7.11 Å². The second-order valence-electron chi connectivity index (χ2n) is 3.89. The summed E-state index contributed by atoms with van der Waals surface area (Å²) in [6.07, 6.45) is 0. The summed E-state index contributed by atoms with van der Waals surface area (Å²) >= 11 is 5.85. The van der Waals surface area contributed by atoms with Crippen molar-refractivity contribution in [3.8, 4) is 17.6 Å². The van der Waals surface area contributed by atoms with Crippen LogP contribution in [0.1, 0.15) is 11.1 Å². The lowest BCUT2D eigenvalue weighted by atomic mass is 10.2. The number of nitriles is 1. The van der Waals surface area contributed by atoms with Crippen molar-refractivity contribution in [3.63, 3.8) is 0 Å². The molecule has 0 aromatic heterocycles. The highest BCUT2D eigenvalue weighted by Crippen LogP contribution is 2.22. The smallest absolute Gasteiger partial charge is 0.121 e. The van der Waals surface area contributed by atoms with Crippen molar-refractivity contribution in [3.05, 3.63) is 58.6 Å². The first-order chi connectivity index (χ1) is 9.22. The molecule has 2 aromatic rings. The van der Waals surface area contributed by atoms with Gasteiger partial charge in [-0.2, -0.15) is 5.26 Å². The van der Waals surface area contributed by atoms with Crippen molar-refractivity contribution in [2.24, 2.45) is 0 Å². The highest BCUT2D eigenvalue weighted by molar-refractivity contribution is 6.31. The van der Waals surface area contributed by atoms with Crippen LogP contribution >= 0.6 is 11.6 Å². The molecule has 0 aliphatic heterocycles. The fraction of sp³-hybridized carbons (Fsp3) is 0.133. The molecule has 0 aliphatic carbocycles. The SMILES string of the molecule is COc1ccc(COc2ccc(Cl)c(C#N)c2)cc1. The van der Waals surface area contributed by atoms with Crippen molar-refractivity contribution in [2.45, 2.75) is 6.61 Å². The van der Waals surface area contributed by atoms with E-state index in [1.54, 1.807) is 25.3 Å². The van der Waals surface area contributed by atoms with E-state index in [2.05, 4.69) is 0 Å². The Balaban J connectivity index is 2.04. The number of rotatable bonds is 4. The predicted molar refractivity (Wildman–Crippen MR) is 73.5 cm³/mol. The largest absolute Gasteiger partial charge is 0.497 e. The highest BCUT2D eigenvalue weighted by Gasteiger charge is 2.02. The maximum absolute atomic E-state index is 8.88. The number of hydrogen-bond donors (Lipinski definition) is 0. The van der Waals surface area contributed by atoms with Gasteiger partial charge in [-0.15, -0.1) is 0 Å². The van der Waals surface area contributed by atoms with E-state index >= 15 is 0 Å². The monoisotopic (exact) mass is 273 g/mol. The van der Waals surface area contributed by atoms with Gasteiger partial charge in [-0.05, 0) is 35.9 Å². The van der Waals surface area contributed by atoms with Crippen molar-refractivity contribution < 1.29 is 9.47 Å². The van der Waals surface area contributed by atoms with E-state index in [1.165, 1.54) is 0 Å². The van der Waals surface area contributed by atoms with E-state index in [4.69, 9.17) is 26.3 Å². The molecule has 96 valence electrons. The lowest BCUT2D eigenvalue weighted by Crippen LogP contribution is -1.96. The molecule has 2 rings (SSSR count). The van der Waals surface area contributed by atoms with Gasteiger partial charge in [-0.1, -0.05) is 23.7 Å². The standard InChI is InChI=1S/C15H12ClNO2/c1-18-13-4-2-11(3-5-13)10-19-14-6-7-15(16)12(8-14)9-17/h2-8H,10H2,1H3. The zero-order valence-electron chi connectivity index (χ0n) is 10.4. The Morgan fingerprint density at radius 2 is 1.79 bits per heavy atom. The van der Waals surface area contributed by atoms with Gasteiger partial charge in [0.2, 0.25) is 0 Å². The summed E-state index contributed by atoms with van der Waals surface area (Å²) in [6.45, 7) is 0.427. The molecule has 0 amide bonds. The van der Waals surface area contributed by atoms with E-state index in [1.807, 2.05) is 30.3 Å². The molecule has 4 heteroatoms. The second kappa shape index (κ2) is 6.12. The molecule has 0 N–H and O–H groups in total. The van der Waals surface area contributed by atoms with Gasteiger partial charge < -0.3 is 9.47 Å². The molecule has 0 unspecified atom stereocenters. The topological polar surface area (TPSA) is 42.2 Å². The van der Waals surface area contributed by atoms with Crippen LogP contribution in [0.2, 0.25) is 5.02 Å². The fourth-order valence-corrected chi connectivity index (χ4v) is 1.73. The van der Waals surface area contributed by atoms with Gasteiger partial charge in [0, 0.05) is 0 Å². The van der Waals surface area contributed by atoms with Crippen LogP contribution in [0.25, 0.3) is 0 Å². The summed E-state index contributed by atoms with van der Waals surface area (Å²) in [4.78, 5) is 0. The quantitative estimate of drug-likeness (QED) is 0.851. The van der Waals surface area contributed by atoms with E-state index in [0.717, 1.165) is 11.3 Å². The van der Waals surface area contributed by atoms with Crippen LogP contribution in [0.5, 0.6) is 11.5 Å². The molecular formula is C15H12ClNO2. The number of nitrogens with zero attached hydrogens (tertiary/aromatic N) is 1. The Bertz CT molecular complexity index is 603. The molecule has 0 aliphatic rings. The van der Waals surface area contributed by atoms with Gasteiger partial charge in [-0.3, -0.25) is 0 Å². The third-order valence-electron chi connectivity index (χ3n) is 2.62. The summed E-state index contributed by atoms with van der Waals surface area (Å²) in [7, 11) is 1.63. The maximum Gasteiger partial charge on any atom is 0.121 e. The third kappa shape index (κ3) is 3.40. The van der Waals surface area contributed by atoms with Crippen LogP contribution in [0, 0.1) is 11.3 Å². The molecule has 0 heterocycles. The van der Waals surface area contributed by atoms with Crippen LogP contribution in [0.3, 0.4) is 0 Å². The third-order valence-corrected chi connectivity index (χ3v) is 2.95. The van der Waals surface area contributed by atoms with E-state index < -0.39 is 0 Å². The van der Waals surface area contributed by atoms with Gasteiger partial charge in [0.25, 0.3) is 0 Å². The molecule has 0 fully saturated rings. The Morgan fingerprint density at radius 3 is 2.42 bits per heavy atom. The fourth-order valence-electron chi connectivity index (χ4n) is 1.57. The summed E-state index contributed by atoms with van der Waals surface area (Å²) in [6, 6.07) is 14.7. The Hall–Kier alpha value is -2.18. The average molecular weight is 274 g/mol. The second-order valence-corrected chi connectivity index (χ2v) is 4.30. The summed E-state index contributed by atoms with van der Waals surface area (Å²) in [5.41, 5.74) is 1.43. The molecule has 0 radical (unpaired) electrons. The Labute approximate surface area is 117 Å². The normalized spacial score (nSPS) is 9.74. The van der Waals surface area contributed by atoms with E-state index in [-0.39, 0.29) is 0 Å². The van der Waals surface area contributed by atoms with Gasteiger partial charge in [0.05, 0.1) is 17.7 Å². The van der Waals surface area contributed by atoms with E-state index in [9.17, 15) is 0 Å². The summed E-state index contributed by atoms with van der Waals surface area (Å²) in [5.74, 6) is 1.43. The predicted octanol–water partition coefficient (Wildman–Crippen LogP) is 3.80. The molecular weight excluding hydrogens is 262 g/mol. The van der Waals surface area contributed by atoms with Crippen molar-refractivity contribution in [1.29, 1.82) is 5.26 Å². The van der Waals surface area contributed by atoms with Crippen LogP contribution in [0.4, 0.5) is 0 Å². The van der Waals surface area contributed by atoms with Gasteiger partial charge in [-0.25, -0.2) is 0 Å². The minimum absolute atomic E-state index is 0.411. The van der Waals surface area contributed by atoms with Crippen molar-refractivity contribution >= 4 is 11.6 Å². The van der Waals surface area contributed by atoms with Crippen LogP contribution in [-0.4, -0.2) is 7.11 Å². The van der Waals surface area contributed by atoms with Crippen LogP contribution < -0.4 is 9.47 Å². The van der Waals surface area contributed by atoms with Gasteiger partial charge in [0.1, 0.15) is 24.2 Å². The molecule has 19 heavy (non-hydrogen) atoms. The lowest BCUT2D eigenvalue weighted by molar-refractivity contribution is 0.306. The maximum atomic E-state index is 8.88. The number of methoxy groups -OCH3 is 1. The number of ether oxygens (including phenoxy) is 2. The molecule has 3 nitrogen and oxygen atoms in total. The molecule has 0 saturated carbocycles. The zero-order valence-corrected chi connectivity index (χ0v) is 11.1. The van der Waals surface area contributed by atoms with Crippen LogP contribution in [0.15, 0.2) is 42.5 Å². The first kappa shape index (κ1) is 13.3. The van der Waals surface area contributed by atoms with Gasteiger partial charge in [0.15, 0.2) is 0 Å². The minimum atomic E-state index is 0.411. The zero-order chi connectivity index (χ0) is 13.7. The molecule has 0 atom stereocenters. The summed E-state index contributed by atoms with van der Waals surface area (Å²) < 4.78 is 10.7. The van der Waals surface area contributed by atoms with Gasteiger partial charge >= 0.3 is 0 Å². The molecule has 0 spiro atoms. The van der Waals surface area contributed by atoms with E-state index in [0.29, 0.717) is 22.9 Å². The lowest BCUT2D eigenvalue weighted by Gasteiger charge is -2.07. The first-order valence-electron chi connectivity index (χ1n) is 5.68. The minimum Gasteiger partial charge on any atom is -0.497 e. The molecule has 0 bridgehead atoms. The average Bonchev–Trinajstić information content (AvgIpc) is 2.47. The van der Waals surface area contributed by atoms with Crippen LogP contribution in [-0.2, 0) is 6.61 Å². The number of halogens is 1. The first-order valence-corrected chi connectivity index (χ1v) is 6.06. The Morgan fingerprint density at radius 1 is 1.11 bits per heavy atom. The number of hydrogen-bond acceptors (Lipinski definition) is 3. The number of benzene rings is 2.